The Balaban J connectivity index is 2.88. The van der Waals surface area contributed by atoms with Gasteiger partial charge in [0, 0.05) is 5.56 Å². The third-order valence-corrected chi connectivity index (χ3v) is 2.26. The van der Waals surface area contributed by atoms with Gasteiger partial charge in [-0.15, -0.1) is 0 Å². The van der Waals surface area contributed by atoms with Crippen LogP contribution in [-0.2, 0) is 0 Å². The molecule has 16 heavy (non-hydrogen) atoms. The minimum atomic E-state index is -4.50. The summed E-state index contributed by atoms with van der Waals surface area (Å²) in [5.74, 6) is -2.42. The zero-order valence-corrected chi connectivity index (χ0v) is 8.84. The molecule has 0 aliphatic rings. The number of Topliss-reactive ketones (excluding diaryl/α,β-unsaturated/α-hetero) is 1. The lowest BCUT2D eigenvalue weighted by Crippen LogP contribution is -2.27. The van der Waals surface area contributed by atoms with E-state index in [1.807, 2.05) is 0 Å². The number of methoxy groups -OCH3 is 1. The minimum absolute atomic E-state index is 0.0330. The van der Waals surface area contributed by atoms with Gasteiger partial charge in [-0.05, 0) is 31.2 Å². The van der Waals surface area contributed by atoms with Gasteiger partial charge < -0.3 is 4.74 Å². The van der Waals surface area contributed by atoms with Crippen molar-refractivity contribution in [2.45, 2.75) is 13.1 Å². The molecule has 0 aromatic heterocycles. The Morgan fingerprint density at radius 2 is 1.75 bits per heavy atom. The van der Waals surface area contributed by atoms with Gasteiger partial charge in [-0.3, -0.25) is 4.79 Å². The molecular formula is C11H11F3O2. The van der Waals surface area contributed by atoms with E-state index >= 15 is 0 Å². The van der Waals surface area contributed by atoms with Crippen LogP contribution in [0.4, 0.5) is 13.2 Å². The highest BCUT2D eigenvalue weighted by Crippen LogP contribution is 2.29. The van der Waals surface area contributed by atoms with Crippen molar-refractivity contribution in [3.8, 4) is 5.75 Å². The van der Waals surface area contributed by atoms with Crippen LogP contribution < -0.4 is 4.74 Å². The lowest BCUT2D eigenvalue weighted by Gasteiger charge is -2.14. The van der Waals surface area contributed by atoms with Gasteiger partial charge >= 0.3 is 6.18 Å². The average Bonchev–Trinajstić information content (AvgIpc) is 2.26. The molecule has 1 atom stereocenters. The van der Waals surface area contributed by atoms with Crippen LogP contribution in [0.25, 0.3) is 0 Å². The Bertz CT molecular complexity index is 368. The number of hydrogen-bond acceptors (Lipinski definition) is 2. The summed E-state index contributed by atoms with van der Waals surface area (Å²) >= 11 is 0. The van der Waals surface area contributed by atoms with E-state index < -0.39 is 17.9 Å². The molecule has 0 bridgehead atoms. The van der Waals surface area contributed by atoms with Crippen molar-refractivity contribution in [3.63, 3.8) is 0 Å². The first-order valence-electron chi connectivity index (χ1n) is 4.61. The fourth-order valence-corrected chi connectivity index (χ4v) is 1.15. The van der Waals surface area contributed by atoms with Gasteiger partial charge in [0.1, 0.15) is 11.7 Å². The molecule has 0 saturated heterocycles. The molecule has 0 amide bonds. The van der Waals surface area contributed by atoms with Gasteiger partial charge in [-0.2, -0.15) is 13.2 Å². The Kier molecular flexibility index (Phi) is 3.57. The fourth-order valence-electron chi connectivity index (χ4n) is 1.15. The number of carbonyl (C=O) groups is 1. The fraction of sp³-hybridized carbons (Fsp3) is 0.364. The Hall–Kier alpha value is -1.52. The van der Waals surface area contributed by atoms with Crippen molar-refractivity contribution in [2.24, 2.45) is 5.92 Å². The molecule has 1 aromatic carbocycles. The number of carbonyl (C=O) groups excluding carboxylic acids is 1. The average molecular weight is 232 g/mol. The van der Waals surface area contributed by atoms with Gasteiger partial charge in [0.25, 0.3) is 0 Å². The molecule has 0 aliphatic heterocycles. The van der Waals surface area contributed by atoms with Gasteiger partial charge in [-0.1, -0.05) is 0 Å². The quantitative estimate of drug-likeness (QED) is 0.748. The highest BCUT2D eigenvalue weighted by atomic mass is 19.4. The van der Waals surface area contributed by atoms with Gasteiger partial charge in [0.2, 0.25) is 0 Å². The summed E-state index contributed by atoms with van der Waals surface area (Å²) in [6.07, 6.45) is -4.50. The van der Waals surface area contributed by atoms with E-state index in [9.17, 15) is 18.0 Å². The first-order chi connectivity index (χ1) is 7.36. The highest BCUT2D eigenvalue weighted by molar-refractivity contribution is 5.98. The maximum absolute atomic E-state index is 12.3. The molecular weight excluding hydrogens is 221 g/mol. The molecule has 0 aliphatic carbocycles. The minimum Gasteiger partial charge on any atom is -0.497 e. The molecule has 0 fully saturated rings. The van der Waals surface area contributed by atoms with E-state index in [0.717, 1.165) is 6.92 Å². The molecule has 0 N–H and O–H groups in total. The summed E-state index contributed by atoms with van der Waals surface area (Å²) in [5.41, 5.74) is 0.0330. The second-order valence-corrected chi connectivity index (χ2v) is 3.36. The normalized spacial score (nSPS) is 13.3. The zero-order chi connectivity index (χ0) is 12.3. The molecule has 1 rings (SSSR count). The number of alkyl halides is 3. The number of halogens is 3. The Labute approximate surface area is 91.0 Å². The number of benzene rings is 1. The van der Waals surface area contributed by atoms with E-state index in [1.165, 1.54) is 31.4 Å². The molecule has 2 nitrogen and oxygen atoms in total. The number of hydrogen-bond donors (Lipinski definition) is 0. The van der Waals surface area contributed by atoms with Crippen molar-refractivity contribution in [1.29, 1.82) is 0 Å². The van der Waals surface area contributed by atoms with Gasteiger partial charge in [0.05, 0.1) is 7.11 Å². The second-order valence-electron chi connectivity index (χ2n) is 3.36. The maximum Gasteiger partial charge on any atom is 0.398 e. The van der Waals surface area contributed by atoms with E-state index in [0.29, 0.717) is 5.75 Å². The standard InChI is InChI=1S/C11H11F3O2/c1-7(11(12,13)14)10(15)8-3-5-9(16-2)6-4-8/h3-7H,1-2H3. The summed E-state index contributed by atoms with van der Waals surface area (Å²) in [6.45, 7) is 0.854. The van der Waals surface area contributed by atoms with E-state index in [-0.39, 0.29) is 5.56 Å². The molecule has 5 heteroatoms. The van der Waals surface area contributed by atoms with Crippen molar-refractivity contribution in [3.05, 3.63) is 29.8 Å². The van der Waals surface area contributed by atoms with Crippen LogP contribution in [0, 0.1) is 5.92 Å². The third-order valence-electron chi connectivity index (χ3n) is 2.26. The van der Waals surface area contributed by atoms with Crippen LogP contribution >= 0.6 is 0 Å². The molecule has 88 valence electrons. The summed E-state index contributed by atoms with van der Waals surface area (Å²) < 4.78 is 41.7. The first kappa shape index (κ1) is 12.5. The summed E-state index contributed by atoms with van der Waals surface area (Å²) in [5, 5.41) is 0. The number of rotatable bonds is 3. The van der Waals surface area contributed by atoms with Crippen LogP contribution in [0.3, 0.4) is 0 Å². The van der Waals surface area contributed by atoms with Crippen molar-refractivity contribution in [1.82, 2.24) is 0 Å². The topological polar surface area (TPSA) is 26.3 Å². The second kappa shape index (κ2) is 4.55. The Morgan fingerprint density at radius 3 is 2.12 bits per heavy atom. The lowest BCUT2D eigenvalue weighted by molar-refractivity contribution is -0.155. The Morgan fingerprint density at radius 1 is 1.25 bits per heavy atom. The van der Waals surface area contributed by atoms with Crippen molar-refractivity contribution < 1.29 is 22.7 Å². The largest absolute Gasteiger partial charge is 0.497 e. The zero-order valence-electron chi connectivity index (χ0n) is 8.84. The van der Waals surface area contributed by atoms with Crippen LogP contribution in [0.15, 0.2) is 24.3 Å². The molecule has 0 radical (unpaired) electrons. The smallest absolute Gasteiger partial charge is 0.398 e. The molecule has 1 aromatic rings. The van der Waals surface area contributed by atoms with Gasteiger partial charge in [0.15, 0.2) is 5.78 Å². The maximum atomic E-state index is 12.3. The SMILES string of the molecule is COc1ccc(C(=O)C(C)C(F)(F)F)cc1. The van der Waals surface area contributed by atoms with E-state index in [2.05, 4.69) is 0 Å². The molecule has 0 heterocycles. The molecule has 0 spiro atoms. The lowest BCUT2D eigenvalue weighted by atomic mass is 9.99. The molecule has 1 unspecified atom stereocenters. The number of ether oxygens (including phenoxy) is 1. The first-order valence-corrected chi connectivity index (χ1v) is 4.61. The van der Waals surface area contributed by atoms with Gasteiger partial charge in [-0.25, -0.2) is 0 Å². The predicted molar refractivity (Wildman–Crippen MR) is 52.5 cm³/mol. The van der Waals surface area contributed by atoms with Crippen LogP contribution in [0.1, 0.15) is 17.3 Å². The van der Waals surface area contributed by atoms with E-state index in [1.54, 1.807) is 0 Å². The predicted octanol–water partition coefficient (Wildman–Crippen LogP) is 3.08. The highest BCUT2D eigenvalue weighted by Gasteiger charge is 2.41. The molecule has 0 saturated carbocycles. The van der Waals surface area contributed by atoms with Crippen LogP contribution in [0.2, 0.25) is 0 Å². The number of ketones is 1. The van der Waals surface area contributed by atoms with Crippen LogP contribution in [-0.4, -0.2) is 19.1 Å². The third kappa shape index (κ3) is 2.74. The van der Waals surface area contributed by atoms with Crippen molar-refractivity contribution in [2.75, 3.05) is 7.11 Å². The van der Waals surface area contributed by atoms with Crippen molar-refractivity contribution >= 4 is 5.78 Å². The van der Waals surface area contributed by atoms with Crippen LogP contribution in [0.5, 0.6) is 5.75 Å². The van der Waals surface area contributed by atoms with E-state index in [4.69, 9.17) is 4.74 Å². The monoisotopic (exact) mass is 232 g/mol. The summed E-state index contributed by atoms with van der Waals surface area (Å²) in [7, 11) is 1.44. The summed E-state index contributed by atoms with van der Waals surface area (Å²) in [6, 6.07) is 5.56. The summed E-state index contributed by atoms with van der Waals surface area (Å²) in [4.78, 5) is 11.4.